The van der Waals surface area contributed by atoms with E-state index in [1.54, 1.807) is 4.90 Å². The van der Waals surface area contributed by atoms with E-state index in [9.17, 15) is 14.4 Å². The van der Waals surface area contributed by atoms with Gasteiger partial charge in [-0.1, -0.05) is 54.6 Å². The lowest BCUT2D eigenvalue weighted by Gasteiger charge is -2.29. The number of fused-ring (bicyclic) bond motifs is 1. The molecule has 4 aromatic rings. The van der Waals surface area contributed by atoms with E-state index in [1.807, 2.05) is 43.4 Å². The van der Waals surface area contributed by atoms with E-state index in [0.717, 1.165) is 39.5 Å². The molecule has 38 heavy (non-hydrogen) atoms. The van der Waals surface area contributed by atoms with Crippen molar-refractivity contribution in [3.63, 3.8) is 0 Å². The van der Waals surface area contributed by atoms with Crippen LogP contribution in [0.25, 0.3) is 33.9 Å². The first kappa shape index (κ1) is 23.9. The minimum Gasteiger partial charge on any atom is -0.327 e. The number of imide groups is 1. The lowest BCUT2D eigenvalue weighted by Crippen LogP contribution is -2.52. The molecule has 2 aliphatic heterocycles. The van der Waals surface area contributed by atoms with E-state index in [1.165, 1.54) is 11.1 Å². The van der Waals surface area contributed by atoms with Gasteiger partial charge in [-0.3, -0.25) is 19.7 Å². The Balaban J connectivity index is 1.44. The standard InChI is InChI=1S/C31H28N4O3/c1-18-8-7-9-19(2)26(18)28-27(20-10-5-4-6-11-20)33-29(34(28)3)21-12-13-23-22(16-21)17-35(31(23)38)24-14-15-25(36)32-30(24)37/h4-13,16,24H,14-15,17H2,1-3H3,(H,32,36,37). The maximum absolute atomic E-state index is 13.2. The van der Waals surface area contributed by atoms with Gasteiger partial charge in [-0.2, -0.15) is 0 Å². The van der Waals surface area contributed by atoms with Crippen LogP contribution >= 0.6 is 0 Å². The maximum Gasteiger partial charge on any atom is 0.255 e. The van der Waals surface area contributed by atoms with Crippen LogP contribution < -0.4 is 5.32 Å². The molecule has 1 saturated heterocycles. The quantitative estimate of drug-likeness (QED) is 0.405. The summed E-state index contributed by atoms with van der Waals surface area (Å²) in [5.74, 6) is -0.0721. The molecule has 7 nitrogen and oxygen atoms in total. The van der Waals surface area contributed by atoms with Crippen LogP contribution in [-0.2, 0) is 23.2 Å². The van der Waals surface area contributed by atoms with Crippen LogP contribution in [0.1, 0.15) is 39.9 Å². The summed E-state index contributed by atoms with van der Waals surface area (Å²) in [7, 11) is 2.03. The van der Waals surface area contributed by atoms with E-state index in [-0.39, 0.29) is 18.2 Å². The zero-order chi connectivity index (χ0) is 26.6. The Labute approximate surface area is 221 Å². The Morgan fingerprint density at radius 1 is 0.895 bits per heavy atom. The second kappa shape index (κ2) is 9.10. The molecule has 1 N–H and O–H groups in total. The number of aromatic nitrogens is 2. The molecular weight excluding hydrogens is 476 g/mol. The van der Waals surface area contributed by atoms with Crippen LogP contribution in [0.3, 0.4) is 0 Å². The molecule has 3 amide bonds. The first-order valence-electron chi connectivity index (χ1n) is 12.8. The van der Waals surface area contributed by atoms with Crippen LogP contribution in [-0.4, -0.2) is 38.2 Å². The van der Waals surface area contributed by atoms with Crippen molar-refractivity contribution in [1.29, 1.82) is 0 Å². The number of benzene rings is 3. The van der Waals surface area contributed by atoms with Crippen LogP contribution in [0, 0.1) is 13.8 Å². The highest BCUT2D eigenvalue weighted by atomic mass is 16.2. The maximum atomic E-state index is 13.2. The largest absolute Gasteiger partial charge is 0.327 e. The summed E-state index contributed by atoms with van der Waals surface area (Å²) in [5, 5.41) is 2.36. The van der Waals surface area contributed by atoms with Crippen molar-refractivity contribution in [2.45, 2.75) is 39.3 Å². The number of piperidine rings is 1. The highest BCUT2D eigenvalue weighted by molar-refractivity contribution is 6.05. The summed E-state index contributed by atoms with van der Waals surface area (Å²) < 4.78 is 2.13. The van der Waals surface area contributed by atoms with Crippen LogP contribution in [0.5, 0.6) is 0 Å². The fourth-order valence-corrected chi connectivity index (χ4v) is 5.74. The van der Waals surface area contributed by atoms with E-state index in [2.05, 4.69) is 54.1 Å². The van der Waals surface area contributed by atoms with Gasteiger partial charge in [0, 0.05) is 42.3 Å². The number of nitrogens with one attached hydrogen (secondary N) is 1. The highest BCUT2D eigenvalue weighted by Crippen LogP contribution is 2.39. The van der Waals surface area contributed by atoms with Gasteiger partial charge in [0.15, 0.2) is 0 Å². The number of hydrogen-bond donors (Lipinski definition) is 1. The van der Waals surface area contributed by atoms with E-state index in [4.69, 9.17) is 4.98 Å². The molecule has 6 rings (SSSR count). The average Bonchev–Trinajstić information content (AvgIpc) is 3.41. The molecule has 1 fully saturated rings. The van der Waals surface area contributed by atoms with Crippen LogP contribution in [0.2, 0.25) is 0 Å². The van der Waals surface area contributed by atoms with Crippen molar-refractivity contribution in [1.82, 2.24) is 19.8 Å². The number of amides is 3. The van der Waals surface area contributed by atoms with Gasteiger partial charge in [-0.25, -0.2) is 4.98 Å². The molecule has 0 radical (unpaired) electrons. The second-order valence-corrected chi connectivity index (χ2v) is 10.1. The Hall–Kier alpha value is -4.52. The van der Waals surface area contributed by atoms with Gasteiger partial charge >= 0.3 is 0 Å². The van der Waals surface area contributed by atoms with Crippen molar-refractivity contribution in [3.8, 4) is 33.9 Å². The van der Waals surface area contributed by atoms with Gasteiger partial charge in [0.05, 0.1) is 11.4 Å². The zero-order valence-electron chi connectivity index (χ0n) is 21.6. The first-order chi connectivity index (χ1) is 18.3. The van der Waals surface area contributed by atoms with Gasteiger partial charge in [-0.05, 0) is 49.1 Å². The molecular formula is C31H28N4O3. The van der Waals surface area contributed by atoms with Crippen molar-refractivity contribution in [2.24, 2.45) is 7.05 Å². The Morgan fingerprint density at radius 2 is 1.63 bits per heavy atom. The monoisotopic (exact) mass is 504 g/mol. The Morgan fingerprint density at radius 3 is 2.34 bits per heavy atom. The molecule has 1 aromatic heterocycles. The van der Waals surface area contributed by atoms with Gasteiger partial charge in [0.2, 0.25) is 11.8 Å². The van der Waals surface area contributed by atoms with Gasteiger partial charge in [0.25, 0.3) is 5.91 Å². The normalized spacial score (nSPS) is 17.1. The van der Waals surface area contributed by atoms with E-state index in [0.29, 0.717) is 18.5 Å². The van der Waals surface area contributed by atoms with Crippen LogP contribution in [0.4, 0.5) is 0 Å². The molecule has 0 bridgehead atoms. The number of imidazole rings is 1. The van der Waals surface area contributed by atoms with Crippen molar-refractivity contribution < 1.29 is 14.4 Å². The van der Waals surface area contributed by atoms with Gasteiger partial charge in [-0.15, -0.1) is 0 Å². The number of hydrogen-bond acceptors (Lipinski definition) is 4. The second-order valence-electron chi connectivity index (χ2n) is 10.1. The van der Waals surface area contributed by atoms with Crippen molar-refractivity contribution in [2.75, 3.05) is 0 Å². The first-order valence-corrected chi connectivity index (χ1v) is 12.8. The number of aryl methyl sites for hydroxylation is 2. The molecule has 3 aromatic carbocycles. The smallest absolute Gasteiger partial charge is 0.255 e. The fourth-order valence-electron chi connectivity index (χ4n) is 5.74. The summed E-state index contributed by atoms with van der Waals surface area (Å²) >= 11 is 0. The number of nitrogens with zero attached hydrogens (tertiary/aromatic N) is 3. The molecule has 7 heteroatoms. The summed E-state index contributed by atoms with van der Waals surface area (Å²) in [6.45, 7) is 4.57. The third-order valence-corrected chi connectivity index (χ3v) is 7.64. The Bertz CT molecular complexity index is 1600. The lowest BCUT2D eigenvalue weighted by atomic mass is 9.96. The Kier molecular flexibility index (Phi) is 5.71. The average molecular weight is 505 g/mol. The molecule has 0 spiro atoms. The molecule has 2 aliphatic rings. The predicted molar refractivity (Wildman–Crippen MR) is 145 cm³/mol. The van der Waals surface area contributed by atoms with Gasteiger partial charge in [0.1, 0.15) is 11.9 Å². The van der Waals surface area contributed by atoms with Crippen molar-refractivity contribution >= 4 is 17.7 Å². The molecule has 0 saturated carbocycles. The van der Waals surface area contributed by atoms with Gasteiger partial charge < -0.3 is 9.47 Å². The summed E-state index contributed by atoms with van der Waals surface area (Å²) in [6, 6.07) is 21.6. The molecule has 0 aliphatic carbocycles. The minimum atomic E-state index is -0.635. The summed E-state index contributed by atoms with van der Waals surface area (Å²) in [4.78, 5) is 43.9. The molecule has 3 heterocycles. The molecule has 190 valence electrons. The minimum absolute atomic E-state index is 0.179. The van der Waals surface area contributed by atoms with E-state index >= 15 is 0 Å². The summed E-state index contributed by atoms with van der Waals surface area (Å²) in [6.07, 6.45) is 0.578. The third-order valence-electron chi connectivity index (χ3n) is 7.64. The summed E-state index contributed by atoms with van der Waals surface area (Å²) in [5.41, 5.74) is 8.85. The topological polar surface area (TPSA) is 84.3 Å². The highest BCUT2D eigenvalue weighted by Gasteiger charge is 2.39. The molecule has 1 unspecified atom stereocenters. The number of rotatable bonds is 4. The number of carbonyl (C=O) groups is 3. The van der Waals surface area contributed by atoms with E-state index < -0.39 is 11.9 Å². The van der Waals surface area contributed by atoms with Crippen LogP contribution in [0.15, 0.2) is 66.7 Å². The SMILES string of the molecule is Cc1cccc(C)c1-c1c(-c2ccccc2)nc(-c2ccc3c(c2)CN(C2CCC(=O)NC2=O)C3=O)n1C. The zero-order valence-corrected chi connectivity index (χ0v) is 21.6. The fraction of sp³-hybridized carbons (Fsp3) is 0.226. The third kappa shape index (κ3) is 3.82. The predicted octanol–water partition coefficient (Wildman–Crippen LogP) is 4.80. The lowest BCUT2D eigenvalue weighted by molar-refractivity contribution is -0.136. The number of carbonyl (C=O) groups excluding carboxylic acids is 3. The molecule has 1 atom stereocenters. The van der Waals surface area contributed by atoms with Crippen molar-refractivity contribution in [3.05, 3.63) is 89.0 Å².